The molecule has 0 amide bonds. The van der Waals surface area contributed by atoms with Crippen LogP contribution in [0.15, 0.2) is 131 Å². The number of nitriles is 1. The van der Waals surface area contributed by atoms with Crippen LogP contribution < -0.4 is 21.3 Å². The third kappa shape index (κ3) is 6.40. The number of aromatic amines is 1. The fraction of sp³-hybridized carbons (Fsp3) is 0.237. The number of hydrogen-bond donors (Lipinski definition) is 2. The molecule has 9 heteroatoms. The molecule has 2 N–H and O–H groups in total. The highest BCUT2D eigenvalue weighted by molar-refractivity contribution is 5.48. The zero-order chi connectivity index (χ0) is 32.8. The Morgan fingerprint density at radius 3 is 2.02 bits per heavy atom. The number of rotatable bonds is 11. The quantitative estimate of drug-likeness (QED) is 0.196. The SMILES string of the molecule is COc1ccc(C(OC[C@H]2O[C@@H](n3cc(C)c(=O)[nH]c3=O)[C@H](NCc3ccccc3)[C@@H]2C#N)(c2ccccc2)c2ccccc2)cc1. The summed E-state index contributed by atoms with van der Waals surface area (Å²) in [5, 5.41) is 14.1. The zero-order valence-corrected chi connectivity index (χ0v) is 26.2. The normalized spacial score (nSPS) is 19.3. The van der Waals surface area contributed by atoms with Gasteiger partial charge >= 0.3 is 5.69 Å². The van der Waals surface area contributed by atoms with Gasteiger partial charge in [0.1, 0.15) is 17.5 Å². The van der Waals surface area contributed by atoms with Crippen LogP contribution in [0.2, 0.25) is 0 Å². The van der Waals surface area contributed by atoms with E-state index in [1.165, 1.54) is 10.8 Å². The van der Waals surface area contributed by atoms with Crippen molar-refractivity contribution in [2.75, 3.05) is 13.7 Å². The predicted molar refractivity (Wildman–Crippen MR) is 178 cm³/mol. The molecule has 0 spiro atoms. The fourth-order valence-electron chi connectivity index (χ4n) is 6.27. The summed E-state index contributed by atoms with van der Waals surface area (Å²) in [5.74, 6) is 0.00668. The van der Waals surface area contributed by atoms with E-state index in [4.69, 9.17) is 14.2 Å². The molecule has 4 aromatic carbocycles. The first-order chi connectivity index (χ1) is 22.9. The Labute approximate surface area is 273 Å². The molecule has 1 aliphatic heterocycles. The Balaban J connectivity index is 1.41. The van der Waals surface area contributed by atoms with Gasteiger partial charge in [-0.25, -0.2) is 4.79 Å². The molecule has 0 radical (unpaired) electrons. The Morgan fingerprint density at radius 1 is 0.872 bits per heavy atom. The van der Waals surface area contributed by atoms with Crippen LogP contribution in [0, 0.1) is 24.2 Å². The highest BCUT2D eigenvalue weighted by Gasteiger charge is 2.48. The summed E-state index contributed by atoms with van der Waals surface area (Å²) in [7, 11) is 1.63. The highest BCUT2D eigenvalue weighted by Crippen LogP contribution is 2.43. The maximum Gasteiger partial charge on any atom is 0.330 e. The van der Waals surface area contributed by atoms with E-state index in [0.29, 0.717) is 17.9 Å². The highest BCUT2D eigenvalue weighted by atomic mass is 16.6. The molecule has 1 fully saturated rings. The zero-order valence-electron chi connectivity index (χ0n) is 26.2. The number of methoxy groups -OCH3 is 1. The molecule has 0 aliphatic carbocycles. The summed E-state index contributed by atoms with van der Waals surface area (Å²) < 4.78 is 20.4. The number of aromatic nitrogens is 2. The van der Waals surface area contributed by atoms with Crippen LogP contribution in [0.25, 0.3) is 0 Å². The maximum absolute atomic E-state index is 13.1. The second-order valence-corrected chi connectivity index (χ2v) is 11.5. The number of nitrogens with one attached hydrogen (secondary N) is 2. The molecule has 0 saturated carbocycles. The average molecular weight is 629 g/mol. The van der Waals surface area contributed by atoms with Gasteiger partial charge in [0.05, 0.1) is 31.7 Å². The lowest BCUT2D eigenvalue weighted by Gasteiger charge is -2.37. The first kappa shape index (κ1) is 31.7. The van der Waals surface area contributed by atoms with E-state index >= 15 is 0 Å². The molecule has 1 aliphatic rings. The lowest BCUT2D eigenvalue weighted by Crippen LogP contribution is -2.43. The van der Waals surface area contributed by atoms with Crippen molar-refractivity contribution in [3.05, 3.63) is 170 Å². The molecule has 1 aromatic heterocycles. The second-order valence-electron chi connectivity index (χ2n) is 11.5. The summed E-state index contributed by atoms with van der Waals surface area (Å²) in [4.78, 5) is 27.7. The Bertz CT molecular complexity index is 1900. The molecule has 4 atom stereocenters. The van der Waals surface area contributed by atoms with Gasteiger partial charge in [-0.2, -0.15) is 5.26 Å². The van der Waals surface area contributed by atoms with Gasteiger partial charge in [-0.15, -0.1) is 0 Å². The predicted octanol–water partition coefficient (Wildman–Crippen LogP) is 5.06. The van der Waals surface area contributed by atoms with Gasteiger partial charge in [-0.1, -0.05) is 103 Å². The molecular formula is C38H36N4O5. The van der Waals surface area contributed by atoms with Crippen molar-refractivity contribution < 1.29 is 14.2 Å². The Kier molecular flexibility index (Phi) is 9.45. The van der Waals surface area contributed by atoms with Crippen LogP contribution in [-0.4, -0.2) is 35.4 Å². The van der Waals surface area contributed by atoms with Crippen LogP contribution in [0.5, 0.6) is 5.75 Å². The lowest BCUT2D eigenvalue weighted by atomic mass is 9.80. The van der Waals surface area contributed by atoms with Crippen LogP contribution in [0.4, 0.5) is 0 Å². The molecule has 47 heavy (non-hydrogen) atoms. The van der Waals surface area contributed by atoms with Crippen LogP contribution >= 0.6 is 0 Å². The van der Waals surface area contributed by atoms with Gasteiger partial charge < -0.3 is 19.5 Å². The number of hydrogen-bond acceptors (Lipinski definition) is 7. The van der Waals surface area contributed by atoms with Gasteiger partial charge in [-0.3, -0.25) is 14.3 Å². The van der Waals surface area contributed by atoms with E-state index in [9.17, 15) is 14.9 Å². The van der Waals surface area contributed by atoms with Crippen LogP contribution in [0.1, 0.15) is 34.0 Å². The van der Waals surface area contributed by atoms with Crippen molar-refractivity contribution in [2.24, 2.45) is 5.92 Å². The van der Waals surface area contributed by atoms with Crippen molar-refractivity contribution in [2.45, 2.75) is 37.4 Å². The van der Waals surface area contributed by atoms with Crippen molar-refractivity contribution in [1.29, 1.82) is 5.26 Å². The lowest BCUT2D eigenvalue weighted by molar-refractivity contribution is -0.0830. The van der Waals surface area contributed by atoms with Gasteiger partial charge in [0.2, 0.25) is 0 Å². The summed E-state index contributed by atoms with van der Waals surface area (Å²) in [5.41, 5.74) is 1.87. The molecule has 5 aromatic rings. The third-order valence-corrected chi connectivity index (χ3v) is 8.68. The molecule has 238 valence electrons. The molecule has 2 heterocycles. The van der Waals surface area contributed by atoms with Gasteiger partial charge in [0.15, 0.2) is 6.23 Å². The first-order valence-corrected chi connectivity index (χ1v) is 15.5. The summed E-state index contributed by atoms with van der Waals surface area (Å²) in [6.45, 7) is 2.09. The van der Waals surface area contributed by atoms with Gasteiger partial charge in [-0.05, 0) is 41.3 Å². The topological polar surface area (TPSA) is 118 Å². The van der Waals surface area contributed by atoms with E-state index in [1.807, 2.05) is 115 Å². The van der Waals surface area contributed by atoms with Crippen LogP contribution in [-0.2, 0) is 21.6 Å². The standard InChI is InChI=1S/C38H36N4O5/c1-26-24-42(37(44)41-35(26)43)36-34(40-23-27-12-6-3-7-13-27)32(22-39)33(47-36)25-46-38(28-14-8-4-9-15-28,29-16-10-5-11-17-29)30-18-20-31(45-2)21-19-30/h3-21,24,32-34,36,40H,23,25H2,1-2H3,(H,41,43,44)/t32-,33-,34-,36-/m1/s1. The van der Waals surface area contributed by atoms with E-state index in [2.05, 4.69) is 16.4 Å². The van der Waals surface area contributed by atoms with Crippen LogP contribution in [0.3, 0.4) is 0 Å². The average Bonchev–Trinajstić information content (AvgIpc) is 3.47. The molecule has 6 rings (SSSR count). The second kappa shape index (κ2) is 14.0. The molecule has 0 bridgehead atoms. The van der Waals surface area contributed by atoms with E-state index in [0.717, 1.165) is 22.3 Å². The minimum atomic E-state index is -1.07. The molecule has 1 saturated heterocycles. The fourth-order valence-corrected chi connectivity index (χ4v) is 6.27. The minimum Gasteiger partial charge on any atom is -0.497 e. The summed E-state index contributed by atoms with van der Waals surface area (Å²) >= 11 is 0. The number of nitrogens with zero attached hydrogens (tertiary/aromatic N) is 2. The Hall–Kier alpha value is -5.27. The van der Waals surface area contributed by atoms with Crippen molar-refractivity contribution in [1.82, 2.24) is 14.9 Å². The number of ether oxygens (including phenoxy) is 3. The first-order valence-electron chi connectivity index (χ1n) is 15.5. The minimum absolute atomic E-state index is 0.0190. The smallest absolute Gasteiger partial charge is 0.330 e. The third-order valence-electron chi connectivity index (χ3n) is 8.68. The number of aryl methyl sites for hydroxylation is 1. The van der Waals surface area contributed by atoms with E-state index in [1.54, 1.807) is 14.0 Å². The van der Waals surface area contributed by atoms with Gasteiger partial charge in [0.25, 0.3) is 5.56 Å². The summed E-state index contributed by atoms with van der Waals surface area (Å²) in [6, 6.07) is 39.2. The monoisotopic (exact) mass is 628 g/mol. The van der Waals surface area contributed by atoms with E-state index < -0.39 is 41.1 Å². The largest absolute Gasteiger partial charge is 0.497 e. The number of benzene rings is 4. The van der Waals surface area contributed by atoms with Crippen molar-refractivity contribution >= 4 is 0 Å². The van der Waals surface area contributed by atoms with Crippen molar-refractivity contribution in [3.8, 4) is 11.8 Å². The molecule has 9 nitrogen and oxygen atoms in total. The van der Waals surface area contributed by atoms with Crippen molar-refractivity contribution in [3.63, 3.8) is 0 Å². The Morgan fingerprint density at radius 2 is 1.45 bits per heavy atom. The van der Waals surface area contributed by atoms with E-state index in [-0.39, 0.29) is 6.61 Å². The summed E-state index contributed by atoms with van der Waals surface area (Å²) in [6.07, 6.45) is -0.137. The van der Waals surface area contributed by atoms with Gasteiger partial charge in [0, 0.05) is 18.3 Å². The number of H-pyrrole nitrogens is 1. The maximum atomic E-state index is 13.1. The molecule has 0 unspecified atom stereocenters. The molecular weight excluding hydrogens is 592 g/mol.